The Morgan fingerprint density at radius 3 is 2.75 bits per heavy atom. The summed E-state index contributed by atoms with van der Waals surface area (Å²) in [5.41, 5.74) is 0.685. The standard InChI is InChI=1S/C15H17NO3S/c1-10(15(18)19-3)8-16(2)14(17)12-9-20-13-7-5-4-6-11(12)13/h4-7,9-10H,8H2,1-3H3. The fourth-order valence-electron chi connectivity index (χ4n) is 2.12. The molecule has 1 unspecified atom stereocenters. The van der Waals surface area contributed by atoms with E-state index in [1.165, 1.54) is 7.11 Å². The Labute approximate surface area is 122 Å². The van der Waals surface area contributed by atoms with Gasteiger partial charge in [0.2, 0.25) is 0 Å². The fourth-order valence-corrected chi connectivity index (χ4v) is 3.05. The number of carbonyl (C=O) groups is 2. The maximum atomic E-state index is 12.4. The zero-order valence-electron chi connectivity index (χ0n) is 11.8. The van der Waals surface area contributed by atoms with Crippen LogP contribution in [0.3, 0.4) is 0 Å². The van der Waals surface area contributed by atoms with Crippen LogP contribution in [0.2, 0.25) is 0 Å². The molecule has 0 N–H and O–H groups in total. The molecule has 0 bridgehead atoms. The highest BCUT2D eigenvalue weighted by Gasteiger charge is 2.21. The molecule has 1 aromatic carbocycles. The lowest BCUT2D eigenvalue weighted by molar-refractivity contribution is -0.145. The van der Waals surface area contributed by atoms with Crippen molar-refractivity contribution in [1.29, 1.82) is 0 Å². The lowest BCUT2D eigenvalue weighted by Crippen LogP contribution is -2.34. The highest BCUT2D eigenvalue weighted by Crippen LogP contribution is 2.26. The molecule has 0 aliphatic rings. The fraction of sp³-hybridized carbons (Fsp3) is 0.333. The van der Waals surface area contributed by atoms with E-state index in [1.54, 1.807) is 30.2 Å². The average Bonchev–Trinajstić information content (AvgIpc) is 2.89. The molecule has 0 fully saturated rings. The number of carbonyl (C=O) groups excluding carboxylic acids is 2. The van der Waals surface area contributed by atoms with Gasteiger partial charge in [0.1, 0.15) is 0 Å². The van der Waals surface area contributed by atoms with Crippen LogP contribution in [0, 0.1) is 5.92 Å². The summed E-state index contributed by atoms with van der Waals surface area (Å²) in [5.74, 6) is -0.711. The highest BCUT2D eigenvalue weighted by atomic mass is 32.1. The largest absolute Gasteiger partial charge is 0.469 e. The first-order valence-electron chi connectivity index (χ1n) is 6.34. The summed E-state index contributed by atoms with van der Waals surface area (Å²) >= 11 is 1.55. The van der Waals surface area contributed by atoms with Crippen molar-refractivity contribution in [1.82, 2.24) is 4.90 Å². The Kier molecular flexibility index (Phi) is 4.39. The summed E-state index contributed by atoms with van der Waals surface area (Å²) in [7, 11) is 3.06. The van der Waals surface area contributed by atoms with Crippen LogP contribution in [0.4, 0.5) is 0 Å². The highest BCUT2D eigenvalue weighted by molar-refractivity contribution is 7.17. The van der Waals surface area contributed by atoms with E-state index in [-0.39, 0.29) is 17.8 Å². The second kappa shape index (κ2) is 6.05. The smallest absolute Gasteiger partial charge is 0.310 e. The van der Waals surface area contributed by atoms with E-state index < -0.39 is 0 Å². The van der Waals surface area contributed by atoms with E-state index in [2.05, 4.69) is 4.74 Å². The molecule has 106 valence electrons. The number of hydrogen-bond acceptors (Lipinski definition) is 4. The first-order chi connectivity index (χ1) is 9.54. The minimum Gasteiger partial charge on any atom is -0.469 e. The van der Waals surface area contributed by atoms with Gasteiger partial charge in [0, 0.05) is 29.1 Å². The minimum absolute atomic E-state index is 0.0711. The molecule has 0 aliphatic carbocycles. The van der Waals surface area contributed by atoms with E-state index in [4.69, 9.17) is 0 Å². The predicted molar refractivity (Wildman–Crippen MR) is 80.0 cm³/mol. The summed E-state index contributed by atoms with van der Waals surface area (Å²) in [6, 6.07) is 7.81. The molecule has 2 rings (SSSR count). The molecule has 1 aromatic heterocycles. The molecule has 0 radical (unpaired) electrons. The number of esters is 1. The molecule has 20 heavy (non-hydrogen) atoms. The van der Waals surface area contributed by atoms with E-state index in [0.29, 0.717) is 12.1 Å². The van der Waals surface area contributed by atoms with Crippen LogP contribution in [-0.2, 0) is 9.53 Å². The maximum absolute atomic E-state index is 12.4. The quantitative estimate of drug-likeness (QED) is 0.814. The molecule has 0 saturated carbocycles. The number of methoxy groups -OCH3 is 1. The number of hydrogen-bond donors (Lipinski definition) is 0. The van der Waals surface area contributed by atoms with E-state index in [1.807, 2.05) is 29.6 Å². The van der Waals surface area contributed by atoms with Crippen molar-refractivity contribution in [2.24, 2.45) is 5.92 Å². The van der Waals surface area contributed by atoms with Crippen LogP contribution in [0.5, 0.6) is 0 Å². The third-order valence-corrected chi connectivity index (χ3v) is 4.17. The van der Waals surface area contributed by atoms with Crippen LogP contribution >= 0.6 is 11.3 Å². The van der Waals surface area contributed by atoms with Gasteiger partial charge in [0.05, 0.1) is 18.6 Å². The molecule has 0 spiro atoms. The predicted octanol–water partition coefficient (Wildman–Crippen LogP) is 2.78. The first-order valence-corrected chi connectivity index (χ1v) is 7.22. The van der Waals surface area contributed by atoms with Gasteiger partial charge in [-0.2, -0.15) is 0 Å². The van der Waals surface area contributed by atoms with Gasteiger partial charge in [-0.05, 0) is 6.07 Å². The topological polar surface area (TPSA) is 46.6 Å². The van der Waals surface area contributed by atoms with Crippen molar-refractivity contribution in [3.8, 4) is 0 Å². The van der Waals surface area contributed by atoms with Gasteiger partial charge in [-0.25, -0.2) is 0 Å². The third kappa shape index (κ3) is 2.82. The van der Waals surface area contributed by atoms with Crippen LogP contribution in [0.15, 0.2) is 29.6 Å². The molecular weight excluding hydrogens is 274 g/mol. The minimum atomic E-state index is -0.334. The first kappa shape index (κ1) is 14.5. The van der Waals surface area contributed by atoms with Crippen molar-refractivity contribution in [2.45, 2.75) is 6.92 Å². The van der Waals surface area contributed by atoms with Gasteiger partial charge >= 0.3 is 5.97 Å². The molecule has 0 saturated heterocycles. The Morgan fingerprint density at radius 2 is 2.05 bits per heavy atom. The Hall–Kier alpha value is -1.88. The molecule has 4 nitrogen and oxygen atoms in total. The molecular formula is C15H17NO3S. The molecule has 2 aromatic rings. The van der Waals surface area contributed by atoms with E-state index >= 15 is 0 Å². The van der Waals surface area contributed by atoms with Crippen LogP contribution in [0.1, 0.15) is 17.3 Å². The van der Waals surface area contributed by atoms with Gasteiger partial charge in [0.25, 0.3) is 5.91 Å². The van der Waals surface area contributed by atoms with E-state index in [0.717, 1.165) is 10.1 Å². The summed E-state index contributed by atoms with van der Waals surface area (Å²) in [6.07, 6.45) is 0. The summed E-state index contributed by atoms with van der Waals surface area (Å²) in [6.45, 7) is 2.09. The lowest BCUT2D eigenvalue weighted by atomic mass is 10.1. The zero-order valence-corrected chi connectivity index (χ0v) is 12.6. The molecule has 5 heteroatoms. The van der Waals surface area contributed by atoms with Gasteiger partial charge < -0.3 is 9.64 Å². The van der Waals surface area contributed by atoms with Crippen molar-refractivity contribution < 1.29 is 14.3 Å². The Morgan fingerprint density at radius 1 is 1.35 bits per heavy atom. The Bertz CT molecular complexity index is 635. The monoisotopic (exact) mass is 291 g/mol. The van der Waals surface area contributed by atoms with Crippen LogP contribution in [0.25, 0.3) is 10.1 Å². The number of thiophene rings is 1. The Balaban J connectivity index is 2.16. The van der Waals surface area contributed by atoms with Crippen molar-refractivity contribution in [3.05, 3.63) is 35.2 Å². The van der Waals surface area contributed by atoms with Gasteiger partial charge in [-0.1, -0.05) is 25.1 Å². The number of nitrogens with zero attached hydrogens (tertiary/aromatic N) is 1. The number of amides is 1. The lowest BCUT2D eigenvalue weighted by Gasteiger charge is -2.20. The van der Waals surface area contributed by atoms with Crippen molar-refractivity contribution in [2.75, 3.05) is 20.7 Å². The number of fused-ring (bicyclic) bond motifs is 1. The van der Waals surface area contributed by atoms with Gasteiger partial charge in [0.15, 0.2) is 0 Å². The van der Waals surface area contributed by atoms with Gasteiger partial charge in [-0.3, -0.25) is 9.59 Å². The SMILES string of the molecule is COC(=O)C(C)CN(C)C(=O)c1csc2ccccc12. The van der Waals surface area contributed by atoms with Crippen molar-refractivity contribution in [3.63, 3.8) is 0 Å². The van der Waals surface area contributed by atoms with Gasteiger partial charge in [-0.15, -0.1) is 11.3 Å². The summed E-state index contributed by atoms with van der Waals surface area (Å²) in [5, 5.41) is 2.83. The van der Waals surface area contributed by atoms with E-state index in [9.17, 15) is 9.59 Å². The average molecular weight is 291 g/mol. The number of benzene rings is 1. The summed E-state index contributed by atoms with van der Waals surface area (Å²) in [4.78, 5) is 25.4. The maximum Gasteiger partial charge on any atom is 0.310 e. The number of rotatable bonds is 4. The van der Waals surface area contributed by atoms with Crippen LogP contribution in [-0.4, -0.2) is 37.5 Å². The second-order valence-corrected chi connectivity index (χ2v) is 5.67. The molecule has 1 atom stereocenters. The second-order valence-electron chi connectivity index (χ2n) is 4.76. The third-order valence-electron chi connectivity index (χ3n) is 3.21. The zero-order chi connectivity index (χ0) is 14.7. The molecule has 0 aliphatic heterocycles. The summed E-state index contributed by atoms with van der Waals surface area (Å²) < 4.78 is 5.77. The molecule has 1 heterocycles. The molecule has 1 amide bonds. The van der Waals surface area contributed by atoms with Crippen LogP contribution < -0.4 is 0 Å². The van der Waals surface area contributed by atoms with Crippen molar-refractivity contribution >= 4 is 33.3 Å². The normalized spacial score (nSPS) is 12.2. The number of ether oxygens (including phenoxy) is 1.